The van der Waals surface area contributed by atoms with Crippen LogP contribution in [0.25, 0.3) is 22.5 Å². The number of nitrogens with zero attached hydrogens (tertiary/aromatic N) is 3. The van der Waals surface area contributed by atoms with Gasteiger partial charge in [0.25, 0.3) is 0 Å². The molecule has 4 rings (SSSR count). The maximum absolute atomic E-state index is 13.3. The van der Waals surface area contributed by atoms with Crippen LogP contribution in [-0.2, 0) is 11.2 Å². The third-order valence-electron chi connectivity index (χ3n) is 4.18. The summed E-state index contributed by atoms with van der Waals surface area (Å²) in [7, 11) is 0. The fourth-order valence-electron chi connectivity index (χ4n) is 2.88. The zero-order valence-corrected chi connectivity index (χ0v) is 15.0. The van der Waals surface area contributed by atoms with Crippen LogP contribution in [-0.4, -0.2) is 26.1 Å². The molecule has 7 nitrogen and oxygen atoms in total. The van der Waals surface area contributed by atoms with Crippen LogP contribution < -0.4 is 5.32 Å². The number of benzene rings is 2. The number of aromatic hydroxyl groups is 1. The van der Waals surface area contributed by atoms with Crippen molar-refractivity contribution >= 4 is 11.8 Å². The molecule has 0 fully saturated rings. The lowest BCUT2D eigenvalue weighted by Gasteiger charge is -2.06. The zero-order chi connectivity index (χ0) is 20.2. The largest absolute Gasteiger partial charge is 0.508 e. The van der Waals surface area contributed by atoms with Crippen molar-refractivity contribution in [2.75, 3.05) is 5.32 Å². The third kappa shape index (κ3) is 4.11. The first-order valence-electron chi connectivity index (χ1n) is 8.70. The second kappa shape index (κ2) is 7.89. The Labute approximate surface area is 164 Å². The minimum atomic E-state index is -0.375. The van der Waals surface area contributed by atoms with Gasteiger partial charge in [-0.2, -0.15) is 0 Å². The number of anilines is 1. The molecule has 2 N–H and O–H groups in total. The first-order chi connectivity index (χ1) is 14.1. The van der Waals surface area contributed by atoms with Gasteiger partial charge in [0, 0.05) is 11.8 Å². The average molecular weight is 390 g/mol. The molecule has 0 saturated carbocycles. The summed E-state index contributed by atoms with van der Waals surface area (Å²) in [4.78, 5) is 20.6. The van der Waals surface area contributed by atoms with E-state index in [0.717, 1.165) is 0 Å². The summed E-state index contributed by atoms with van der Waals surface area (Å²) in [6.07, 6.45) is 2.96. The van der Waals surface area contributed by atoms with Crippen molar-refractivity contribution in [2.45, 2.75) is 6.42 Å². The highest BCUT2D eigenvalue weighted by Crippen LogP contribution is 2.36. The lowest BCUT2D eigenvalue weighted by atomic mass is 10.0. The topological polar surface area (TPSA) is 101 Å². The van der Waals surface area contributed by atoms with Crippen molar-refractivity contribution in [3.8, 4) is 28.3 Å². The summed E-state index contributed by atoms with van der Waals surface area (Å²) in [5, 5.41) is 16.3. The van der Waals surface area contributed by atoms with E-state index in [9.17, 15) is 14.3 Å². The summed E-state index contributed by atoms with van der Waals surface area (Å²) in [6.45, 7) is 0. The zero-order valence-electron chi connectivity index (χ0n) is 15.0. The molecule has 2 heterocycles. The molecule has 2 aromatic heterocycles. The number of carbonyl (C=O) groups excluding carboxylic acids is 1. The van der Waals surface area contributed by atoms with Crippen LogP contribution >= 0.6 is 0 Å². The first-order valence-corrected chi connectivity index (χ1v) is 8.70. The maximum atomic E-state index is 13.3. The number of hydrogen-bond donors (Lipinski definition) is 2. The minimum Gasteiger partial charge on any atom is -0.508 e. The van der Waals surface area contributed by atoms with Gasteiger partial charge in [0.2, 0.25) is 11.8 Å². The Morgan fingerprint density at radius 3 is 2.69 bits per heavy atom. The number of carbonyl (C=O) groups is 1. The van der Waals surface area contributed by atoms with E-state index in [0.29, 0.717) is 28.1 Å². The Morgan fingerprint density at radius 1 is 1.14 bits per heavy atom. The Balaban J connectivity index is 1.68. The quantitative estimate of drug-likeness (QED) is 0.537. The van der Waals surface area contributed by atoms with Gasteiger partial charge in [0.15, 0.2) is 0 Å². The fourth-order valence-corrected chi connectivity index (χ4v) is 2.88. The van der Waals surface area contributed by atoms with Crippen LogP contribution in [0.4, 0.5) is 10.3 Å². The van der Waals surface area contributed by atoms with Crippen LogP contribution in [0.5, 0.6) is 5.75 Å². The lowest BCUT2D eigenvalue weighted by Crippen LogP contribution is -2.14. The van der Waals surface area contributed by atoms with E-state index in [1.54, 1.807) is 36.5 Å². The van der Waals surface area contributed by atoms with Crippen molar-refractivity contribution in [2.24, 2.45) is 0 Å². The van der Waals surface area contributed by atoms with Crippen LogP contribution in [0.3, 0.4) is 0 Å². The van der Waals surface area contributed by atoms with Gasteiger partial charge in [0.1, 0.15) is 23.6 Å². The second-order valence-electron chi connectivity index (χ2n) is 6.23. The highest BCUT2D eigenvalue weighted by Gasteiger charge is 2.22. The molecule has 29 heavy (non-hydrogen) atoms. The van der Waals surface area contributed by atoms with Gasteiger partial charge in [-0.05, 0) is 48.0 Å². The number of amides is 1. The number of rotatable bonds is 5. The van der Waals surface area contributed by atoms with Crippen LogP contribution in [0.2, 0.25) is 0 Å². The molecule has 144 valence electrons. The van der Waals surface area contributed by atoms with Crippen molar-refractivity contribution in [3.05, 3.63) is 78.5 Å². The molecule has 2 aromatic carbocycles. The predicted molar refractivity (Wildman–Crippen MR) is 103 cm³/mol. The van der Waals surface area contributed by atoms with Crippen LogP contribution in [0, 0.1) is 5.82 Å². The summed E-state index contributed by atoms with van der Waals surface area (Å²) in [6, 6.07) is 13.8. The van der Waals surface area contributed by atoms with Gasteiger partial charge < -0.3 is 9.63 Å². The van der Waals surface area contributed by atoms with Crippen molar-refractivity contribution in [1.82, 2.24) is 15.1 Å². The number of nitrogens with one attached hydrogen (secondary N) is 1. The van der Waals surface area contributed by atoms with E-state index in [4.69, 9.17) is 4.52 Å². The fraction of sp³-hybridized carbons (Fsp3) is 0.0476. The molecule has 0 aliphatic carbocycles. The van der Waals surface area contributed by atoms with E-state index in [-0.39, 0.29) is 29.8 Å². The minimum absolute atomic E-state index is 0.0319. The summed E-state index contributed by atoms with van der Waals surface area (Å²) < 4.78 is 18.7. The van der Waals surface area contributed by atoms with Gasteiger partial charge in [-0.3, -0.25) is 10.1 Å². The number of aromatic nitrogens is 3. The second-order valence-corrected chi connectivity index (χ2v) is 6.23. The highest BCUT2D eigenvalue weighted by atomic mass is 19.1. The standard InChI is InChI=1S/C21H15FN4O3/c22-15-6-4-14(5-7-15)20-19(17-8-9-23-12-24-17)21(29-26-20)25-18(28)11-13-2-1-3-16(27)10-13/h1-10,12,27H,11H2,(H,25,28). The Bertz CT molecular complexity index is 1140. The van der Waals surface area contributed by atoms with Crippen molar-refractivity contribution in [3.63, 3.8) is 0 Å². The monoisotopic (exact) mass is 390 g/mol. The molecule has 0 aliphatic heterocycles. The molecule has 0 saturated heterocycles. The average Bonchev–Trinajstić information content (AvgIpc) is 3.12. The first kappa shape index (κ1) is 18.3. The van der Waals surface area contributed by atoms with E-state index >= 15 is 0 Å². The van der Waals surface area contributed by atoms with E-state index in [2.05, 4.69) is 20.4 Å². The predicted octanol–water partition coefficient (Wildman–Crippen LogP) is 3.82. The van der Waals surface area contributed by atoms with Crippen molar-refractivity contribution in [1.29, 1.82) is 0 Å². The maximum Gasteiger partial charge on any atom is 0.241 e. The van der Waals surface area contributed by atoms with E-state index < -0.39 is 0 Å². The Hall–Kier alpha value is -4.07. The molecule has 0 spiro atoms. The number of phenols is 1. The van der Waals surface area contributed by atoms with Gasteiger partial charge in [0.05, 0.1) is 17.7 Å². The third-order valence-corrected chi connectivity index (χ3v) is 4.18. The molecule has 0 aliphatic rings. The molecule has 4 aromatic rings. The molecule has 1 amide bonds. The van der Waals surface area contributed by atoms with Gasteiger partial charge >= 0.3 is 0 Å². The summed E-state index contributed by atoms with van der Waals surface area (Å²) in [5.41, 5.74) is 2.62. The number of hydrogen-bond acceptors (Lipinski definition) is 6. The Kier molecular flexibility index (Phi) is 4.98. The highest BCUT2D eigenvalue weighted by molar-refractivity contribution is 5.97. The van der Waals surface area contributed by atoms with E-state index in [1.807, 2.05) is 0 Å². The molecular weight excluding hydrogens is 375 g/mol. The lowest BCUT2D eigenvalue weighted by molar-refractivity contribution is -0.115. The van der Waals surface area contributed by atoms with Crippen LogP contribution in [0.15, 0.2) is 71.6 Å². The molecule has 0 bridgehead atoms. The van der Waals surface area contributed by atoms with Crippen LogP contribution in [0.1, 0.15) is 5.56 Å². The Morgan fingerprint density at radius 2 is 1.97 bits per heavy atom. The molecular formula is C21H15FN4O3. The normalized spacial score (nSPS) is 10.7. The van der Waals surface area contributed by atoms with Gasteiger partial charge in [-0.25, -0.2) is 14.4 Å². The molecule has 0 atom stereocenters. The number of halogens is 1. The molecule has 0 radical (unpaired) electrons. The van der Waals surface area contributed by atoms with E-state index in [1.165, 1.54) is 30.6 Å². The molecule has 8 heteroatoms. The van der Waals surface area contributed by atoms with Crippen molar-refractivity contribution < 1.29 is 18.8 Å². The number of phenolic OH excluding ortho intramolecular Hbond substituents is 1. The molecule has 0 unspecified atom stereocenters. The van der Waals surface area contributed by atoms with Gasteiger partial charge in [-0.15, -0.1) is 0 Å². The van der Waals surface area contributed by atoms with Gasteiger partial charge in [-0.1, -0.05) is 17.3 Å². The smallest absolute Gasteiger partial charge is 0.241 e. The SMILES string of the molecule is O=C(Cc1cccc(O)c1)Nc1onc(-c2ccc(F)cc2)c1-c1ccncn1. The summed E-state index contributed by atoms with van der Waals surface area (Å²) >= 11 is 0. The summed E-state index contributed by atoms with van der Waals surface area (Å²) in [5.74, 6) is -0.531.